The first-order chi connectivity index (χ1) is 8.54. The van der Waals surface area contributed by atoms with Crippen molar-refractivity contribution < 1.29 is 14.6 Å². The quantitative estimate of drug-likeness (QED) is 0.896. The zero-order chi connectivity index (χ0) is 13.1. The maximum absolute atomic E-state index is 10.9. The van der Waals surface area contributed by atoms with Crippen molar-refractivity contribution in [1.29, 1.82) is 0 Å². The number of carbonyl (C=O) groups is 1. The van der Waals surface area contributed by atoms with E-state index in [1.807, 2.05) is 0 Å². The maximum Gasteiger partial charge on any atom is 0.335 e. The summed E-state index contributed by atoms with van der Waals surface area (Å²) in [6, 6.07) is 11.5. The van der Waals surface area contributed by atoms with E-state index in [9.17, 15) is 4.79 Å². The summed E-state index contributed by atoms with van der Waals surface area (Å²) in [4.78, 5) is 10.9. The summed E-state index contributed by atoms with van der Waals surface area (Å²) in [7, 11) is 0. The highest BCUT2D eigenvalue weighted by molar-refractivity contribution is 9.10. The summed E-state index contributed by atoms with van der Waals surface area (Å²) in [6.45, 7) is 0. The standard InChI is InChI=1S/C13H8BrClO3/c14-9-5-8(13(16)17)6-12(7-9)18-11-3-1-10(15)2-4-11/h1-7H,(H,16,17). The third kappa shape index (κ3) is 3.24. The van der Waals surface area contributed by atoms with E-state index in [4.69, 9.17) is 21.4 Å². The number of aromatic carboxylic acids is 1. The van der Waals surface area contributed by atoms with Gasteiger partial charge in [-0.05, 0) is 42.5 Å². The van der Waals surface area contributed by atoms with Crippen LogP contribution < -0.4 is 4.74 Å². The molecule has 2 rings (SSSR count). The van der Waals surface area contributed by atoms with E-state index in [-0.39, 0.29) is 5.56 Å². The lowest BCUT2D eigenvalue weighted by atomic mass is 10.2. The number of carboxylic acids is 1. The summed E-state index contributed by atoms with van der Waals surface area (Å²) in [5, 5.41) is 9.56. The molecule has 0 aliphatic rings. The number of carboxylic acid groups (broad SMARTS) is 1. The van der Waals surface area contributed by atoms with Crippen LogP contribution in [0.3, 0.4) is 0 Å². The predicted molar refractivity (Wildman–Crippen MR) is 72.6 cm³/mol. The Kier molecular flexibility index (Phi) is 3.89. The van der Waals surface area contributed by atoms with Gasteiger partial charge in [-0.3, -0.25) is 0 Å². The molecule has 18 heavy (non-hydrogen) atoms. The first-order valence-electron chi connectivity index (χ1n) is 5.02. The van der Waals surface area contributed by atoms with Gasteiger partial charge in [0.1, 0.15) is 11.5 Å². The molecule has 0 aliphatic carbocycles. The second-order valence-corrected chi connectivity index (χ2v) is 4.89. The van der Waals surface area contributed by atoms with E-state index in [1.165, 1.54) is 12.1 Å². The summed E-state index contributed by atoms with van der Waals surface area (Å²) in [6.07, 6.45) is 0. The van der Waals surface area contributed by atoms with Crippen molar-refractivity contribution in [2.24, 2.45) is 0 Å². The minimum atomic E-state index is -1.00. The summed E-state index contributed by atoms with van der Waals surface area (Å²) < 4.78 is 6.20. The highest BCUT2D eigenvalue weighted by Crippen LogP contribution is 2.27. The molecule has 0 saturated carbocycles. The Hall–Kier alpha value is -1.52. The van der Waals surface area contributed by atoms with Crippen LogP contribution in [0.2, 0.25) is 5.02 Å². The van der Waals surface area contributed by atoms with E-state index < -0.39 is 5.97 Å². The number of halogens is 2. The van der Waals surface area contributed by atoms with Gasteiger partial charge in [-0.1, -0.05) is 27.5 Å². The Morgan fingerprint density at radius 3 is 2.39 bits per heavy atom. The molecule has 0 aliphatic heterocycles. The van der Waals surface area contributed by atoms with Crippen molar-refractivity contribution in [3.8, 4) is 11.5 Å². The molecule has 2 aromatic carbocycles. The monoisotopic (exact) mass is 326 g/mol. The minimum absolute atomic E-state index is 0.160. The maximum atomic E-state index is 10.9. The van der Waals surface area contributed by atoms with Gasteiger partial charge in [0, 0.05) is 9.50 Å². The van der Waals surface area contributed by atoms with Gasteiger partial charge in [-0.2, -0.15) is 0 Å². The first kappa shape index (κ1) is 12.9. The molecule has 0 saturated heterocycles. The largest absolute Gasteiger partial charge is 0.478 e. The van der Waals surface area contributed by atoms with Crippen molar-refractivity contribution in [2.45, 2.75) is 0 Å². The van der Waals surface area contributed by atoms with Gasteiger partial charge in [0.25, 0.3) is 0 Å². The lowest BCUT2D eigenvalue weighted by molar-refractivity contribution is 0.0696. The van der Waals surface area contributed by atoms with Crippen molar-refractivity contribution in [1.82, 2.24) is 0 Å². The molecule has 0 heterocycles. The van der Waals surface area contributed by atoms with Crippen LogP contribution >= 0.6 is 27.5 Å². The Morgan fingerprint density at radius 2 is 1.78 bits per heavy atom. The van der Waals surface area contributed by atoms with Gasteiger partial charge in [-0.15, -0.1) is 0 Å². The molecule has 0 amide bonds. The molecule has 3 nitrogen and oxygen atoms in total. The van der Waals surface area contributed by atoms with Crippen molar-refractivity contribution in [3.63, 3.8) is 0 Å². The van der Waals surface area contributed by atoms with E-state index in [0.717, 1.165) is 0 Å². The summed E-state index contributed by atoms with van der Waals surface area (Å²) in [5.41, 5.74) is 0.160. The van der Waals surface area contributed by atoms with Crippen LogP contribution in [-0.4, -0.2) is 11.1 Å². The van der Waals surface area contributed by atoms with Crippen LogP contribution in [0.5, 0.6) is 11.5 Å². The Labute approximate surface area is 117 Å². The molecule has 0 aromatic heterocycles. The van der Waals surface area contributed by atoms with Crippen LogP contribution in [0, 0.1) is 0 Å². The molecule has 0 spiro atoms. The average molecular weight is 328 g/mol. The number of rotatable bonds is 3. The predicted octanol–water partition coefficient (Wildman–Crippen LogP) is 4.59. The lowest BCUT2D eigenvalue weighted by Crippen LogP contribution is -1.96. The Morgan fingerprint density at radius 1 is 1.11 bits per heavy atom. The third-order valence-corrected chi connectivity index (χ3v) is 2.88. The van der Waals surface area contributed by atoms with Crippen LogP contribution in [0.1, 0.15) is 10.4 Å². The van der Waals surface area contributed by atoms with Gasteiger partial charge < -0.3 is 9.84 Å². The number of ether oxygens (including phenoxy) is 1. The molecule has 92 valence electrons. The number of hydrogen-bond acceptors (Lipinski definition) is 2. The van der Waals surface area contributed by atoms with Gasteiger partial charge in [0.15, 0.2) is 0 Å². The second kappa shape index (κ2) is 5.42. The molecular formula is C13H8BrClO3. The Balaban J connectivity index is 2.28. The van der Waals surface area contributed by atoms with E-state index in [1.54, 1.807) is 30.3 Å². The number of hydrogen-bond donors (Lipinski definition) is 1. The molecule has 0 bridgehead atoms. The zero-order valence-electron chi connectivity index (χ0n) is 9.06. The summed E-state index contributed by atoms with van der Waals surface area (Å²) >= 11 is 9.01. The highest BCUT2D eigenvalue weighted by atomic mass is 79.9. The van der Waals surface area contributed by atoms with Crippen molar-refractivity contribution >= 4 is 33.5 Å². The van der Waals surface area contributed by atoms with E-state index in [0.29, 0.717) is 21.0 Å². The summed E-state index contributed by atoms with van der Waals surface area (Å²) in [5.74, 6) is 0.0372. The van der Waals surface area contributed by atoms with Crippen LogP contribution in [0.25, 0.3) is 0 Å². The van der Waals surface area contributed by atoms with Gasteiger partial charge >= 0.3 is 5.97 Å². The third-order valence-electron chi connectivity index (χ3n) is 2.17. The molecule has 0 atom stereocenters. The van der Waals surface area contributed by atoms with Crippen LogP contribution in [0.4, 0.5) is 0 Å². The van der Waals surface area contributed by atoms with Gasteiger partial charge in [0.2, 0.25) is 0 Å². The zero-order valence-corrected chi connectivity index (χ0v) is 11.4. The smallest absolute Gasteiger partial charge is 0.335 e. The fraction of sp³-hybridized carbons (Fsp3) is 0. The normalized spacial score (nSPS) is 10.1. The molecule has 1 N–H and O–H groups in total. The lowest BCUT2D eigenvalue weighted by Gasteiger charge is -2.07. The SMILES string of the molecule is O=C(O)c1cc(Br)cc(Oc2ccc(Cl)cc2)c1. The molecule has 5 heteroatoms. The van der Waals surface area contributed by atoms with Crippen molar-refractivity contribution in [3.05, 3.63) is 57.5 Å². The Bertz CT molecular complexity index is 581. The molecule has 0 fully saturated rings. The molecular weight excluding hydrogens is 319 g/mol. The highest BCUT2D eigenvalue weighted by Gasteiger charge is 2.07. The van der Waals surface area contributed by atoms with E-state index >= 15 is 0 Å². The molecule has 2 aromatic rings. The molecule has 0 unspecified atom stereocenters. The van der Waals surface area contributed by atoms with Gasteiger partial charge in [0.05, 0.1) is 5.56 Å². The van der Waals surface area contributed by atoms with Crippen LogP contribution in [-0.2, 0) is 0 Å². The molecule has 0 radical (unpaired) electrons. The topological polar surface area (TPSA) is 46.5 Å². The minimum Gasteiger partial charge on any atom is -0.478 e. The fourth-order valence-electron chi connectivity index (χ4n) is 1.38. The second-order valence-electron chi connectivity index (χ2n) is 3.54. The fourth-order valence-corrected chi connectivity index (χ4v) is 1.98. The van der Waals surface area contributed by atoms with Crippen LogP contribution in [0.15, 0.2) is 46.9 Å². The number of benzene rings is 2. The first-order valence-corrected chi connectivity index (χ1v) is 6.19. The van der Waals surface area contributed by atoms with Gasteiger partial charge in [-0.25, -0.2) is 4.79 Å². The average Bonchev–Trinajstić information content (AvgIpc) is 2.31. The van der Waals surface area contributed by atoms with Crippen molar-refractivity contribution in [2.75, 3.05) is 0 Å². The van der Waals surface area contributed by atoms with E-state index in [2.05, 4.69) is 15.9 Å².